The average molecular weight is 377 g/mol. The summed E-state index contributed by atoms with van der Waals surface area (Å²) in [5, 5.41) is 0. The van der Waals surface area contributed by atoms with Crippen LogP contribution >= 0.6 is 0 Å². The molecule has 1 aliphatic heterocycles. The number of unbranched alkanes of at least 4 members (excludes halogenated alkanes) is 1. The number of hydrogen-bond donors (Lipinski definition) is 0. The second-order valence-electron chi connectivity index (χ2n) is 9.00. The van der Waals surface area contributed by atoms with Crippen LogP contribution in [0.15, 0.2) is 40.1 Å². The summed E-state index contributed by atoms with van der Waals surface area (Å²) in [4.78, 5) is 0. The lowest BCUT2D eigenvalue weighted by atomic mass is 9.45. The topological polar surface area (TPSA) is 22.4 Å². The molecule has 1 aromatic rings. The Labute approximate surface area is 168 Å². The van der Waals surface area contributed by atoms with Gasteiger partial charge in [-0.25, -0.2) is 0 Å². The van der Waals surface area contributed by atoms with Crippen molar-refractivity contribution in [2.45, 2.75) is 76.7 Å². The molecule has 4 unspecified atom stereocenters. The van der Waals surface area contributed by atoms with Gasteiger partial charge in [-0.05, 0) is 56.1 Å². The molecule has 1 fully saturated rings. The zero-order valence-electron chi connectivity index (χ0n) is 17.4. The molecule has 1 saturated carbocycles. The van der Waals surface area contributed by atoms with E-state index in [1.807, 2.05) is 0 Å². The van der Waals surface area contributed by atoms with E-state index in [2.05, 4.69) is 45.2 Å². The van der Waals surface area contributed by atoms with E-state index in [1.54, 1.807) is 0 Å². The van der Waals surface area contributed by atoms with Crippen LogP contribution in [0, 0.1) is 11.8 Å². The summed E-state index contributed by atoms with van der Waals surface area (Å²) in [6.45, 7) is 13.1. The maximum Gasteiger partial charge on any atom is 0.141 e. The summed E-state index contributed by atoms with van der Waals surface area (Å²) in [5.41, 5.74) is 7.29. The van der Waals surface area contributed by atoms with Gasteiger partial charge in [0.15, 0.2) is 0 Å². The van der Waals surface area contributed by atoms with Crippen molar-refractivity contribution in [1.29, 1.82) is 0 Å². The van der Waals surface area contributed by atoms with Gasteiger partial charge < -0.3 is 9.15 Å². The highest BCUT2D eigenvalue weighted by Gasteiger charge is 2.69. The molecule has 2 heteroatoms. The third-order valence-corrected chi connectivity index (χ3v) is 7.61. The van der Waals surface area contributed by atoms with Crippen LogP contribution in [0.2, 0.25) is 0 Å². The Hall–Kier alpha value is -1.96. The minimum atomic E-state index is -0.203. The van der Waals surface area contributed by atoms with Crippen LogP contribution in [0.25, 0.3) is 12.7 Å². The molecular formula is C26H32O2. The Morgan fingerprint density at radius 3 is 2.86 bits per heavy atom. The summed E-state index contributed by atoms with van der Waals surface area (Å²) in [6.07, 6.45) is 16.0. The van der Waals surface area contributed by atoms with Gasteiger partial charge in [-0.2, -0.15) is 0 Å². The lowest BCUT2D eigenvalue weighted by molar-refractivity contribution is -0.149. The van der Waals surface area contributed by atoms with Gasteiger partial charge in [-0.3, -0.25) is 0 Å². The van der Waals surface area contributed by atoms with Crippen molar-refractivity contribution in [3.63, 3.8) is 0 Å². The number of ether oxygens (including phenoxy) is 1. The number of rotatable bonds is 4. The van der Waals surface area contributed by atoms with E-state index in [0.717, 1.165) is 48.7 Å². The normalized spacial score (nSPS) is 33.6. The summed E-state index contributed by atoms with van der Waals surface area (Å²) in [7, 11) is 0. The van der Waals surface area contributed by atoms with Gasteiger partial charge in [0.2, 0.25) is 0 Å². The van der Waals surface area contributed by atoms with Gasteiger partial charge in [-0.1, -0.05) is 52.0 Å². The second kappa shape index (κ2) is 6.54. The molecule has 5 rings (SSSR count). The predicted octanol–water partition coefficient (Wildman–Crippen LogP) is 5.28. The Kier molecular flexibility index (Phi) is 4.23. The lowest BCUT2D eigenvalue weighted by Gasteiger charge is -2.62. The molecule has 4 aliphatic rings. The fourth-order valence-corrected chi connectivity index (χ4v) is 6.64. The predicted molar refractivity (Wildman–Crippen MR) is 114 cm³/mol. The van der Waals surface area contributed by atoms with Crippen LogP contribution in [0.5, 0.6) is 0 Å². The minimum Gasteiger partial charge on any atom is -0.482 e. The van der Waals surface area contributed by atoms with E-state index in [0.29, 0.717) is 17.8 Å². The molecule has 4 atom stereocenters. The van der Waals surface area contributed by atoms with Crippen molar-refractivity contribution in [3.05, 3.63) is 57.6 Å². The Balaban J connectivity index is 1.68. The Morgan fingerprint density at radius 1 is 1.21 bits per heavy atom. The molecule has 148 valence electrons. The Bertz CT molecular complexity index is 988. The number of allylic oxidation sites excluding steroid dienone is 2. The molecule has 1 spiro atoms. The van der Waals surface area contributed by atoms with Gasteiger partial charge in [0.05, 0.1) is 0 Å². The van der Waals surface area contributed by atoms with Crippen LogP contribution in [0.3, 0.4) is 0 Å². The maximum absolute atomic E-state index is 6.77. The quantitative estimate of drug-likeness (QED) is 0.714. The third-order valence-electron chi connectivity index (χ3n) is 7.61. The van der Waals surface area contributed by atoms with Crippen LogP contribution in [0.1, 0.15) is 75.8 Å². The summed E-state index contributed by atoms with van der Waals surface area (Å²) >= 11 is 0. The molecule has 0 radical (unpaired) electrons. The molecule has 2 nitrogen and oxygen atoms in total. The highest BCUT2D eigenvalue weighted by Crippen LogP contribution is 2.69. The molecule has 3 aliphatic carbocycles. The zero-order valence-corrected chi connectivity index (χ0v) is 17.4. The fraction of sp³-hybridized carbons (Fsp3) is 0.538. The van der Waals surface area contributed by atoms with Gasteiger partial charge in [-0.15, -0.1) is 0 Å². The van der Waals surface area contributed by atoms with Crippen molar-refractivity contribution in [2.24, 2.45) is 11.8 Å². The number of furan rings is 1. The van der Waals surface area contributed by atoms with E-state index in [4.69, 9.17) is 9.15 Å². The van der Waals surface area contributed by atoms with Crippen molar-refractivity contribution in [3.8, 4) is 0 Å². The first-order valence-corrected chi connectivity index (χ1v) is 11.2. The van der Waals surface area contributed by atoms with Gasteiger partial charge in [0.25, 0.3) is 0 Å². The standard InChI is InChI=1S/C26H32O2/c1-5-7-13-23-20-15-14-19-21(10-6-2)26(25(19)24(20)17(4)27-23)22-12-9-8-11-18(22)16(3)28-26/h8,11,13,19,21,25H,3-7,9-10,12,14-15H2,1-2H3/b23-13-. The van der Waals surface area contributed by atoms with E-state index in [9.17, 15) is 0 Å². The van der Waals surface area contributed by atoms with E-state index in [1.165, 1.54) is 41.5 Å². The first-order chi connectivity index (χ1) is 13.6. The van der Waals surface area contributed by atoms with Gasteiger partial charge in [0, 0.05) is 28.5 Å². The third kappa shape index (κ3) is 2.21. The van der Waals surface area contributed by atoms with Gasteiger partial charge >= 0.3 is 0 Å². The van der Waals surface area contributed by atoms with Crippen LogP contribution in [-0.4, -0.2) is 5.60 Å². The summed E-state index contributed by atoms with van der Waals surface area (Å²) < 4.78 is 13.0. The van der Waals surface area contributed by atoms with Crippen molar-refractivity contribution >= 4 is 12.7 Å². The number of hydrogen-bond acceptors (Lipinski definition) is 2. The summed E-state index contributed by atoms with van der Waals surface area (Å²) in [6, 6.07) is 0. The van der Waals surface area contributed by atoms with Gasteiger partial charge in [0.1, 0.15) is 22.2 Å². The van der Waals surface area contributed by atoms with Crippen LogP contribution in [0.4, 0.5) is 0 Å². The van der Waals surface area contributed by atoms with E-state index >= 15 is 0 Å². The first-order valence-electron chi connectivity index (χ1n) is 11.2. The smallest absolute Gasteiger partial charge is 0.141 e. The monoisotopic (exact) mass is 376 g/mol. The molecule has 0 bridgehead atoms. The first kappa shape index (κ1) is 18.1. The minimum absolute atomic E-state index is 0.203. The molecular weight excluding hydrogens is 344 g/mol. The van der Waals surface area contributed by atoms with E-state index in [-0.39, 0.29) is 5.60 Å². The zero-order chi connectivity index (χ0) is 19.5. The molecule has 0 N–H and O–H groups in total. The highest BCUT2D eigenvalue weighted by atomic mass is 16.5. The lowest BCUT2D eigenvalue weighted by Crippen LogP contribution is -2.64. The fourth-order valence-electron chi connectivity index (χ4n) is 6.64. The van der Waals surface area contributed by atoms with Crippen LogP contribution in [-0.2, 0) is 11.2 Å². The molecule has 0 aromatic carbocycles. The molecule has 0 amide bonds. The second-order valence-corrected chi connectivity index (χ2v) is 9.00. The van der Waals surface area contributed by atoms with Crippen molar-refractivity contribution < 1.29 is 9.15 Å². The molecule has 0 saturated heterocycles. The summed E-state index contributed by atoms with van der Waals surface area (Å²) in [5.74, 6) is 2.52. The molecule has 1 aromatic heterocycles. The molecule has 2 heterocycles. The largest absolute Gasteiger partial charge is 0.482 e. The SMILES string of the molecule is C=C1OC2(C3=C1C=CCC3)C(CCC)C1CCc3c(c(=C)o/c3=C\CCC)C12. The van der Waals surface area contributed by atoms with Crippen molar-refractivity contribution in [2.75, 3.05) is 0 Å². The number of fused-ring (bicyclic) bond motifs is 5. The Morgan fingerprint density at radius 2 is 2.07 bits per heavy atom. The molecule has 28 heavy (non-hydrogen) atoms. The highest BCUT2D eigenvalue weighted by molar-refractivity contribution is 5.57. The van der Waals surface area contributed by atoms with Crippen LogP contribution < -0.4 is 10.8 Å². The average Bonchev–Trinajstić information content (AvgIpc) is 3.19. The van der Waals surface area contributed by atoms with E-state index < -0.39 is 0 Å². The maximum atomic E-state index is 6.77. The van der Waals surface area contributed by atoms with Crippen molar-refractivity contribution in [1.82, 2.24) is 0 Å².